The van der Waals surface area contributed by atoms with Gasteiger partial charge in [0.15, 0.2) is 0 Å². The molecule has 20 heavy (non-hydrogen) atoms. The third kappa shape index (κ3) is 10.5. The molecule has 2 unspecified atom stereocenters. The molecule has 2 atom stereocenters. The minimum atomic E-state index is 0.862. The van der Waals surface area contributed by atoms with Gasteiger partial charge in [0.2, 0.25) is 0 Å². The molecule has 0 spiro atoms. The molecule has 0 saturated heterocycles. The Morgan fingerprint density at radius 2 is 1.55 bits per heavy atom. The molecule has 0 heterocycles. The van der Waals surface area contributed by atoms with E-state index in [-0.39, 0.29) is 0 Å². The summed E-state index contributed by atoms with van der Waals surface area (Å²) in [5.74, 6) is 1.76. The molecule has 0 radical (unpaired) electrons. The standard InChI is InChI=1S/C19H38O/c1-5-9-11-12-13-14-18(7-3)19(8-4)15-17-20-16-10-6-2/h5,18-19H,1,6-17H2,2-4H3. The fourth-order valence-electron chi connectivity index (χ4n) is 3.00. The van der Waals surface area contributed by atoms with E-state index in [1.807, 2.05) is 6.08 Å². The lowest BCUT2D eigenvalue weighted by Gasteiger charge is -2.25. The highest BCUT2D eigenvalue weighted by Crippen LogP contribution is 2.28. The van der Waals surface area contributed by atoms with Crippen LogP contribution in [0, 0.1) is 11.8 Å². The van der Waals surface area contributed by atoms with Crippen LogP contribution in [0.25, 0.3) is 0 Å². The Bertz CT molecular complexity index is 200. The van der Waals surface area contributed by atoms with Gasteiger partial charge in [-0.2, -0.15) is 0 Å². The van der Waals surface area contributed by atoms with Gasteiger partial charge >= 0.3 is 0 Å². The third-order valence-electron chi connectivity index (χ3n) is 4.47. The second-order valence-electron chi connectivity index (χ2n) is 6.02. The Morgan fingerprint density at radius 3 is 2.15 bits per heavy atom. The van der Waals surface area contributed by atoms with Gasteiger partial charge in [-0.25, -0.2) is 0 Å². The maximum absolute atomic E-state index is 5.75. The Morgan fingerprint density at radius 1 is 0.850 bits per heavy atom. The van der Waals surface area contributed by atoms with Crippen LogP contribution in [0.15, 0.2) is 12.7 Å². The summed E-state index contributed by atoms with van der Waals surface area (Å²) in [6.07, 6.45) is 15.0. The Balaban J connectivity index is 3.80. The van der Waals surface area contributed by atoms with E-state index in [1.165, 1.54) is 64.2 Å². The van der Waals surface area contributed by atoms with Gasteiger partial charge in [-0.1, -0.05) is 65.4 Å². The average molecular weight is 283 g/mol. The van der Waals surface area contributed by atoms with Crippen LogP contribution in [0.2, 0.25) is 0 Å². The molecular weight excluding hydrogens is 244 g/mol. The molecule has 0 bridgehead atoms. The molecule has 0 rings (SSSR count). The first-order chi connectivity index (χ1) is 9.79. The van der Waals surface area contributed by atoms with E-state index >= 15 is 0 Å². The van der Waals surface area contributed by atoms with Crippen LogP contribution >= 0.6 is 0 Å². The third-order valence-corrected chi connectivity index (χ3v) is 4.47. The lowest BCUT2D eigenvalue weighted by atomic mass is 9.82. The van der Waals surface area contributed by atoms with Gasteiger partial charge in [0.1, 0.15) is 0 Å². The molecule has 0 aliphatic rings. The molecule has 0 amide bonds. The van der Waals surface area contributed by atoms with Crippen molar-refractivity contribution in [3.63, 3.8) is 0 Å². The topological polar surface area (TPSA) is 9.23 Å². The number of unbranched alkanes of at least 4 members (excludes halogenated alkanes) is 4. The SMILES string of the molecule is C=CCCCCCC(CC)C(CC)CCOCCCC. The van der Waals surface area contributed by atoms with Crippen molar-refractivity contribution in [2.45, 2.75) is 85.0 Å². The van der Waals surface area contributed by atoms with Crippen molar-refractivity contribution in [3.05, 3.63) is 12.7 Å². The number of allylic oxidation sites excluding steroid dienone is 1. The lowest BCUT2D eigenvalue weighted by molar-refractivity contribution is 0.104. The predicted molar refractivity (Wildman–Crippen MR) is 91.2 cm³/mol. The minimum absolute atomic E-state index is 0.862. The highest BCUT2D eigenvalue weighted by Gasteiger charge is 2.17. The highest BCUT2D eigenvalue weighted by molar-refractivity contribution is 4.70. The van der Waals surface area contributed by atoms with Crippen molar-refractivity contribution < 1.29 is 4.74 Å². The Kier molecular flexibility index (Phi) is 14.9. The van der Waals surface area contributed by atoms with Crippen molar-refractivity contribution in [1.29, 1.82) is 0 Å². The minimum Gasteiger partial charge on any atom is -0.381 e. The van der Waals surface area contributed by atoms with E-state index in [2.05, 4.69) is 27.4 Å². The van der Waals surface area contributed by atoms with Crippen molar-refractivity contribution in [3.8, 4) is 0 Å². The molecule has 0 aromatic rings. The van der Waals surface area contributed by atoms with Crippen LogP contribution < -0.4 is 0 Å². The van der Waals surface area contributed by atoms with E-state index in [0.29, 0.717) is 0 Å². The molecule has 0 aliphatic heterocycles. The van der Waals surface area contributed by atoms with Crippen molar-refractivity contribution >= 4 is 0 Å². The monoisotopic (exact) mass is 282 g/mol. The average Bonchev–Trinajstić information content (AvgIpc) is 2.48. The van der Waals surface area contributed by atoms with Crippen LogP contribution in [-0.2, 0) is 4.74 Å². The van der Waals surface area contributed by atoms with Gasteiger partial charge in [0.05, 0.1) is 0 Å². The van der Waals surface area contributed by atoms with Crippen LogP contribution in [0.3, 0.4) is 0 Å². The summed E-state index contributed by atoms with van der Waals surface area (Å²) in [4.78, 5) is 0. The molecule has 0 saturated carbocycles. The predicted octanol–water partition coefficient (Wildman–Crippen LogP) is 6.38. The maximum Gasteiger partial charge on any atom is 0.0468 e. The smallest absolute Gasteiger partial charge is 0.0468 e. The quantitative estimate of drug-likeness (QED) is 0.250. The van der Waals surface area contributed by atoms with Gasteiger partial charge in [-0.05, 0) is 37.5 Å². The van der Waals surface area contributed by atoms with Crippen molar-refractivity contribution in [1.82, 2.24) is 0 Å². The van der Waals surface area contributed by atoms with Gasteiger partial charge < -0.3 is 4.74 Å². The molecule has 120 valence electrons. The molecule has 0 aliphatic carbocycles. The second-order valence-corrected chi connectivity index (χ2v) is 6.02. The first kappa shape index (κ1) is 19.7. The van der Waals surface area contributed by atoms with Gasteiger partial charge in [-0.15, -0.1) is 6.58 Å². The Labute approximate surface area is 128 Å². The molecule has 0 aromatic carbocycles. The van der Waals surface area contributed by atoms with Crippen LogP contribution in [-0.4, -0.2) is 13.2 Å². The summed E-state index contributed by atoms with van der Waals surface area (Å²) in [6, 6.07) is 0. The molecular formula is C19H38O. The number of hydrogen-bond donors (Lipinski definition) is 0. The van der Waals surface area contributed by atoms with Crippen LogP contribution in [0.5, 0.6) is 0 Å². The van der Waals surface area contributed by atoms with E-state index in [9.17, 15) is 0 Å². The first-order valence-corrected chi connectivity index (χ1v) is 8.98. The van der Waals surface area contributed by atoms with E-state index in [1.54, 1.807) is 0 Å². The summed E-state index contributed by atoms with van der Waals surface area (Å²) in [6.45, 7) is 12.6. The summed E-state index contributed by atoms with van der Waals surface area (Å²) in [7, 11) is 0. The molecule has 1 heteroatoms. The zero-order chi connectivity index (χ0) is 15.1. The van der Waals surface area contributed by atoms with E-state index < -0.39 is 0 Å². The largest absolute Gasteiger partial charge is 0.381 e. The summed E-state index contributed by atoms with van der Waals surface area (Å²) < 4.78 is 5.75. The van der Waals surface area contributed by atoms with Gasteiger partial charge in [-0.3, -0.25) is 0 Å². The van der Waals surface area contributed by atoms with Crippen molar-refractivity contribution in [2.24, 2.45) is 11.8 Å². The van der Waals surface area contributed by atoms with E-state index in [0.717, 1.165) is 25.0 Å². The summed E-state index contributed by atoms with van der Waals surface area (Å²) in [5.41, 5.74) is 0. The molecule has 1 nitrogen and oxygen atoms in total. The van der Waals surface area contributed by atoms with Gasteiger partial charge in [0, 0.05) is 13.2 Å². The fraction of sp³-hybridized carbons (Fsp3) is 0.895. The van der Waals surface area contributed by atoms with Gasteiger partial charge in [0.25, 0.3) is 0 Å². The maximum atomic E-state index is 5.75. The number of hydrogen-bond acceptors (Lipinski definition) is 1. The number of rotatable bonds is 15. The fourth-order valence-corrected chi connectivity index (χ4v) is 3.00. The van der Waals surface area contributed by atoms with Crippen LogP contribution in [0.4, 0.5) is 0 Å². The number of ether oxygens (including phenoxy) is 1. The molecule has 0 fully saturated rings. The summed E-state index contributed by atoms with van der Waals surface area (Å²) >= 11 is 0. The Hall–Kier alpha value is -0.300. The van der Waals surface area contributed by atoms with Crippen LogP contribution in [0.1, 0.15) is 85.0 Å². The first-order valence-electron chi connectivity index (χ1n) is 8.98. The molecule has 0 N–H and O–H groups in total. The highest BCUT2D eigenvalue weighted by atomic mass is 16.5. The zero-order valence-corrected chi connectivity index (χ0v) is 14.3. The molecule has 0 aromatic heterocycles. The lowest BCUT2D eigenvalue weighted by Crippen LogP contribution is -2.16. The summed E-state index contributed by atoms with van der Waals surface area (Å²) in [5, 5.41) is 0. The normalized spacial score (nSPS) is 14.2. The second kappa shape index (κ2) is 15.1. The zero-order valence-electron chi connectivity index (χ0n) is 14.3. The van der Waals surface area contributed by atoms with E-state index in [4.69, 9.17) is 4.74 Å². The van der Waals surface area contributed by atoms with Crippen molar-refractivity contribution in [2.75, 3.05) is 13.2 Å².